The lowest BCUT2D eigenvalue weighted by molar-refractivity contribution is -0.171. The quantitative estimate of drug-likeness (QED) is 0.575. The summed E-state index contributed by atoms with van der Waals surface area (Å²) in [6, 6.07) is 10.0. The minimum Gasteiger partial charge on any atom is -0.476 e. The van der Waals surface area contributed by atoms with Crippen LogP contribution in [0.4, 0.5) is 0 Å². The molecule has 2 aromatic rings. The molecule has 31 heavy (non-hydrogen) atoms. The lowest BCUT2D eigenvalue weighted by Crippen LogP contribution is -2.43. The van der Waals surface area contributed by atoms with Gasteiger partial charge in [0, 0.05) is 5.56 Å². The predicted octanol–water partition coefficient (Wildman–Crippen LogP) is 5.93. The first-order chi connectivity index (χ1) is 14.3. The fraction of sp³-hybridized carbons (Fsp3) is 0.407. The van der Waals surface area contributed by atoms with Gasteiger partial charge in [-0.2, -0.15) is 0 Å². The summed E-state index contributed by atoms with van der Waals surface area (Å²) >= 11 is 0. The Bertz CT molecular complexity index is 1060. The number of carbonyl (C=O) groups excluding carboxylic acids is 2. The van der Waals surface area contributed by atoms with Crippen LogP contribution in [0.1, 0.15) is 72.8 Å². The zero-order chi connectivity index (χ0) is 23.1. The van der Waals surface area contributed by atoms with Crippen LogP contribution in [-0.4, -0.2) is 23.0 Å². The van der Waals surface area contributed by atoms with Crippen molar-refractivity contribution < 1.29 is 19.1 Å². The first-order valence-electron chi connectivity index (χ1n) is 10.7. The van der Waals surface area contributed by atoms with Gasteiger partial charge in [-0.3, -0.25) is 4.79 Å². The molecule has 0 aliphatic heterocycles. The molecule has 4 heteroatoms. The second-order valence-corrected chi connectivity index (χ2v) is 9.92. The van der Waals surface area contributed by atoms with Gasteiger partial charge >= 0.3 is 5.97 Å². The summed E-state index contributed by atoms with van der Waals surface area (Å²) in [6.45, 7) is 14.9. The topological polar surface area (TPSA) is 52.6 Å². The molecule has 0 N–H and O–H groups in total. The number of carbonyl (C=O) groups is 2. The smallest absolute Gasteiger partial charge is 0.350 e. The zero-order valence-electron chi connectivity index (χ0n) is 19.8. The highest BCUT2D eigenvalue weighted by Crippen LogP contribution is 2.34. The number of hydrogen-bond acceptors (Lipinski definition) is 4. The lowest BCUT2D eigenvalue weighted by Gasteiger charge is -2.30. The summed E-state index contributed by atoms with van der Waals surface area (Å²) < 4.78 is 11.7. The predicted molar refractivity (Wildman–Crippen MR) is 124 cm³/mol. The molecule has 0 atom stereocenters. The number of aryl methyl sites for hydroxylation is 3. The van der Waals surface area contributed by atoms with Crippen molar-refractivity contribution in [1.82, 2.24) is 0 Å². The minimum absolute atomic E-state index is 0.0398. The van der Waals surface area contributed by atoms with Crippen LogP contribution in [0.5, 0.6) is 5.75 Å². The molecule has 0 heterocycles. The van der Waals surface area contributed by atoms with Crippen molar-refractivity contribution in [3.63, 3.8) is 0 Å². The Morgan fingerprint density at radius 3 is 2.13 bits per heavy atom. The van der Waals surface area contributed by atoms with Crippen molar-refractivity contribution in [2.24, 2.45) is 0 Å². The summed E-state index contributed by atoms with van der Waals surface area (Å²) in [4.78, 5) is 25.2. The number of ketones is 1. The molecule has 3 rings (SSSR count). The van der Waals surface area contributed by atoms with Crippen molar-refractivity contribution in [2.75, 3.05) is 0 Å². The van der Waals surface area contributed by atoms with E-state index in [9.17, 15) is 9.59 Å². The van der Waals surface area contributed by atoms with E-state index in [2.05, 4.69) is 6.07 Å². The Hall–Kier alpha value is -2.88. The number of hydrogen-bond donors (Lipinski definition) is 0. The van der Waals surface area contributed by atoms with Gasteiger partial charge in [0.25, 0.3) is 0 Å². The van der Waals surface area contributed by atoms with Gasteiger partial charge in [0.15, 0.2) is 11.4 Å². The molecule has 4 nitrogen and oxygen atoms in total. The molecule has 0 radical (unpaired) electrons. The van der Waals surface area contributed by atoms with Gasteiger partial charge in [-0.15, -0.1) is 0 Å². The molecule has 0 aromatic heterocycles. The average molecular weight is 421 g/mol. The molecule has 0 saturated carbocycles. The van der Waals surface area contributed by atoms with Gasteiger partial charge in [0.05, 0.1) is 0 Å². The molecule has 164 valence electrons. The van der Waals surface area contributed by atoms with Crippen molar-refractivity contribution in [3.8, 4) is 5.75 Å². The largest absolute Gasteiger partial charge is 0.476 e. The van der Waals surface area contributed by atoms with Gasteiger partial charge in [-0.1, -0.05) is 23.8 Å². The van der Waals surface area contributed by atoms with Crippen molar-refractivity contribution >= 4 is 17.3 Å². The van der Waals surface area contributed by atoms with Crippen LogP contribution in [-0.2, 0) is 16.0 Å². The third kappa shape index (κ3) is 5.07. The van der Waals surface area contributed by atoms with Crippen LogP contribution in [0.25, 0.3) is 5.57 Å². The first kappa shape index (κ1) is 22.8. The van der Waals surface area contributed by atoms with Crippen LogP contribution >= 0.6 is 0 Å². The fourth-order valence-electron chi connectivity index (χ4n) is 3.78. The fourth-order valence-corrected chi connectivity index (χ4v) is 3.78. The van der Waals surface area contributed by atoms with Crippen LogP contribution in [0.2, 0.25) is 0 Å². The van der Waals surface area contributed by atoms with Crippen molar-refractivity contribution in [3.05, 3.63) is 69.8 Å². The molecule has 0 unspecified atom stereocenters. The second-order valence-electron chi connectivity index (χ2n) is 9.92. The molecular formula is C27H32O4. The highest BCUT2D eigenvalue weighted by Gasteiger charge is 2.35. The number of rotatable bonds is 4. The molecule has 0 amide bonds. The normalized spacial score (nSPS) is 14.1. The Kier molecular flexibility index (Phi) is 5.88. The maximum atomic E-state index is 12.6. The highest BCUT2D eigenvalue weighted by molar-refractivity contribution is 6.12. The number of ether oxygens (including phenoxy) is 2. The lowest BCUT2D eigenvalue weighted by atomic mass is 9.85. The van der Waals surface area contributed by atoms with Gasteiger partial charge in [-0.05, 0) is 108 Å². The minimum atomic E-state index is -1.12. The summed E-state index contributed by atoms with van der Waals surface area (Å²) in [5.41, 5.74) is 5.09. The van der Waals surface area contributed by atoms with E-state index in [0.29, 0.717) is 12.2 Å². The number of fused-ring (bicyclic) bond motifs is 1. The van der Waals surface area contributed by atoms with Crippen molar-refractivity contribution in [1.29, 1.82) is 0 Å². The maximum Gasteiger partial charge on any atom is 0.350 e. The van der Waals surface area contributed by atoms with Crippen molar-refractivity contribution in [2.45, 2.75) is 73.0 Å². The first-order valence-corrected chi connectivity index (χ1v) is 10.7. The molecular weight excluding hydrogens is 388 g/mol. The molecule has 1 aliphatic rings. The van der Waals surface area contributed by atoms with Crippen LogP contribution in [0.15, 0.2) is 36.4 Å². The number of benzene rings is 2. The van der Waals surface area contributed by atoms with Gasteiger partial charge in [-0.25, -0.2) is 4.79 Å². The van der Waals surface area contributed by atoms with E-state index in [-0.39, 0.29) is 5.78 Å². The molecule has 0 saturated heterocycles. The summed E-state index contributed by atoms with van der Waals surface area (Å²) in [6.07, 6.45) is 2.45. The molecule has 1 aliphatic carbocycles. The average Bonchev–Trinajstić information content (AvgIpc) is 2.62. The van der Waals surface area contributed by atoms with E-state index in [1.807, 2.05) is 65.8 Å². The summed E-state index contributed by atoms with van der Waals surface area (Å²) in [5.74, 6) is 0.298. The maximum absolute atomic E-state index is 12.6. The Balaban J connectivity index is 1.89. The zero-order valence-corrected chi connectivity index (χ0v) is 19.8. The SMILES string of the molecule is Cc1ccc2c(c1)CC(c1cc(C)c(OC(C)(C)C(=O)OC(C)(C)C)c(C)c1)=CC2=O. The Morgan fingerprint density at radius 2 is 1.55 bits per heavy atom. The van der Waals surface area contributed by atoms with Crippen LogP contribution in [0.3, 0.4) is 0 Å². The summed E-state index contributed by atoms with van der Waals surface area (Å²) in [5, 5.41) is 0. The molecule has 2 aromatic carbocycles. The van der Waals surface area contributed by atoms with Crippen LogP contribution in [0, 0.1) is 20.8 Å². The standard InChI is InChI=1S/C27H32O4/c1-16-9-10-22-21(11-16)14-20(15-23(22)28)19-12-17(2)24(18(3)13-19)30-27(7,8)25(29)31-26(4,5)6/h9-13,15H,14H2,1-8H3. The monoisotopic (exact) mass is 420 g/mol. The van der Waals surface area contributed by atoms with Gasteiger partial charge in [0.1, 0.15) is 11.4 Å². The van der Waals surface area contributed by atoms with E-state index in [1.165, 1.54) is 0 Å². The summed E-state index contributed by atoms with van der Waals surface area (Å²) in [7, 11) is 0. The second kappa shape index (κ2) is 7.99. The molecule has 0 spiro atoms. The van der Waals surface area contributed by atoms with Crippen LogP contribution < -0.4 is 4.74 Å². The number of allylic oxidation sites excluding steroid dienone is 2. The van der Waals surface area contributed by atoms with E-state index in [4.69, 9.17) is 9.47 Å². The van der Waals surface area contributed by atoms with Gasteiger partial charge in [0.2, 0.25) is 0 Å². The van der Waals surface area contributed by atoms with E-state index in [0.717, 1.165) is 39.0 Å². The third-order valence-corrected chi connectivity index (χ3v) is 5.29. The van der Waals surface area contributed by atoms with E-state index in [1.54, 1.807) is 19.9 Å². The van der Waals surface area contributed by atoms with E-state index >= 15 is 0 Å². The Labute approximate surface area is 185 Å². The third-order valence-electron chi connectivity index (χ3n) is 5.29. The molecule has 0 fully saturated rings. The highest BCUT2D eigenvalue weighted by atomic mass is 16.6. The number of esters is 1. The van der Waals surface area contributed by atoms with Gasteiger partial charge < -0.3 is 9.47 Å². The van der Waals surface area contributed by atoms with E-state index < -0.39 is 17.2 Å². The molecule has 0 bridgehead atoms. The Morgan fingerprint density at radius 1 is 0.935 bits per heavy atom.